The maximum atomic E-state index is 12.0. The molecule has 118 valence electrons. The van der Waals surface area contributed by atoms with Gasteiger partial charge in [-0.1, -0.05) is 36.3 Å². The van der Waals surface area contributed by atoms with Gasteiger partial charge in [-0.25, -0.2) is 4.98 Å². The fourth-order valence-electron chi connectivity index (χ4n) is 2.19. The number of aromatic nitrogens is 1. The Morgan fingerprint density at radius 2 is 2.27 bits per heavy atom. The molecular formula is C15H19ClN4OS. The number of carbonyl (C=O) groups is 1. The molecule has 2 heterocycles. The van der Waals surface area contributed by atoms with Crippen LogP contribution in [-0.2, 0) is 4.79 Å². The van der Waals surface area contributed by atoms with Gasteiger partial charge in [0.25, 0.3) is 5.91 Å². The van der Waals surface area contributed by atoms with Crippen LogP contribution in [0.4, 0.5) is 5.13 Å². The number of hydrogen-bond donors (Lipinski definition) is 1. The molecule has 22 heavy (non-hydrogen) atoms. The van der Waals surface area contributed by atoms with Crippen molar-refractivity contribution in [2.45, 2.75) is 32.6 Å². The highest BCUT2D eigenvalue weighted by molar-refractivity contribution is 7.17. The zero-order chi connectivity index (χ0) is 15.9. The molecule has 2 rings (SSSR count). The van der Waals surface area contributed by atoms with E-state index in [0.717, 1.165) is 43.9 Å². The number of hydrogen-bond acceptors (Lipinski definition) is 5. The lowest BCUT2D eigenvalue weighted by molar-refractivity contribution is -0.117. The van der Waals surface area contributed by atoms with Crippen molar-refractivity contribution >= 4 is 40.1 Å². The molecule has 0 spiro atoms. The molecule has 0 aliphatic carbocycles. The van der Waals surface area contributed by atoms with Crippen LogP contribution >= 0.6 is 22.9 Å². The molecule has 1 saturated heterocycles. The number of thiazole rings is 1. The highest BCUT2D eigenvalue weighted by Gasteiger charge is 2.19. The topological polar surface area (TPSA) is 69.0 Å². The highest BCUT2D eigenvalue weighted by Crippen LogP contribution is 2.33. The number of nitrogens with zero attached hydrogens (tertiary/aromatic N) is 3. The molecule has 1 aromatic heterocycles. The van der Waals surface area contributed by atoms with Crippen LogP contribution in [0.3, 0.4) is 0 Å². The van der Waals surface area contributed by atoms with Gasteiger partial charge >= 0.3 is 0 Å². The first kappa shape index (κ1) is 16.8. The van der Waals surface area contributed by atoms with Crippen LogP contribution in [0.2, 0.25) is 5.15 Å². The van der Waals surface area contributed by atoms with Crippen LogP contribution in [0.1, 0.15) is 37.5 Å². The molecule has 1 aliphatic heterocycles. The van der Waals surface area contributed by atoms with Crippen molar-refractivity contribution in [2.75, 3.05) is 24.5 Å². The van der Waals surface area contributed by atoms with Crippen LogP contribution in [-0.4, -0.2) is 30.5 Å². The SMILES string of the molecule is CCCCNC(=O)/C(C#N)=C\c1sc(N2CCCC2)nc1Cl. The maximum Gasteiger partial charge on any atom is 0.261 e. The molecule has 0 bridgehead atoms. The van der Waals surface area contributed by atoms with E-state index in [-0.39, 0.29) is 11.5 Å². The molecule has 7 heteroatoms. The van der Waals surface area contributed by atoms with Gasteiger partial charge in [-0.05, 0) is 25.3 Å². The molecule has 1 aromatic rings. The first-order valence-corrected chi connectivity index (χ1v) is 8.66. The van der Waals surface area contributed by atoms with Crippen molar-refractivity contribution in [3.05, 3.63) is 15.6 Å². The second-order valence-electron chi connectivity index (χ2n) is 5.12. The van der Waals surface area contributed by atoms with E-state index in [2.05, 4.69) is 15.2 Å². The predicted molar refractivity (Wildman–Crippen MR) is 90.1 cm³/mol. The number of halogens is 1. The Bertz CT molecular complexity index is 599. The van der Waals surface area contributed by atoms with E-state index in [9.17, 15) is 10.1 Å². The zero-order valence-corrected chi connectivity index (χ0v) is 14.1. The van der Waals surface area contributed by atoms with Gasteiger partial charge in [0.05, 0.1) is 4.88 Å². The zero-order valence-electron chi connectivity index (χ0n) is 12.6. The molecule has 0 atom stereocenters. The third kappa shape index (κ3) is 4.21. The van der Waals surface area contributed by atoms with E-state index < -0.39 is 0 Å². The molecule has 5 nitrogen and oxygen atoms in total. The fraction of sp³-hybridized carbons (Fsp3) is 0.533. The van der Waals surface area contributed by atoms with Crippen molar-refractivity contribution < 1.29 is 4.79 Å². The predicted octanol–water partition coefficient (Wildman–Crippen LogP) is 3.22. The summed E-state index contributed by atoms with van der Waals surface area (Å²) in [6.45, 7) is 4.58. The van der Waals surface area contributed by atoms with E-state index in [1.807, 2.05) is 13.0 Å². The lowest BCUT2D eigenvalue weighted by atomic mass is 10.2. The Morgan fingerprint density at radius 3 is 2.91 bits per heavy atom. The lowest BCUT2D eigenvalue weighted by Gasteiger charge is -2.11. The van der Waals surface area contributed by atoms with Gasteiger partial charge in [-0.15, -0.1) is 0 Å². The first-order chi connectivity index (χ1) is 10.7. The first-order valence-electron chi connectivity index (χ1n) is 7.47. The van der Waals surface area contributed by atoms with Crippen molar-refractivity contribution in [3.63, 3.8) is 0 Å². The quantitative estimate of drug-likeness (QED) is 0.491. The second kappa shape index (κ2) is 8.16. The average molecular weight is 339 g/mol. The third-order valence-electron chi connectivity index (χ3n) is 3.43. The molecule has 0 radical (unpaired) electrons. The van der Waals surface area contributed by atoms with Gasteiger partial charge in [-0.3, -0.25) is 4.79 Å². The Balaban J connectivity index is 2.12. The summed E-state index contributed by atoms with van der Waals surface area (Å²) >= 11 is 7.56. The molecule has 0 unspecified atom stereocenters. The number of carbonyl (C=O) groups excluding carboxylic acids is 1. The van der Waals surface area contributed by atoms with Gasteiger partial charge < -0.3 is 10.2 Å². The molecular weight excluding hydrogens is 320 g/mol. The minimum absolute atomic E-state index is 0.0645. The Labute approximate surface area is 139 Å². The van der Waals surface area contributed by atoms with Crippen molar-refractivity contribution in [1.29, 1.82) is 5.26 Å². The number of anilines is 1. The monoisotopic (exact) mass is 338 g/mol. The largest absolute Gasteiger partial charge is 0.351 e. The summed E-state index contributed by atoms with van der Waals surface area (Å²) in [5.41, 5.74) is 0.0645. The van der Waals surface area contributed by atoms with Gasteiger partial charge in [-0.2, -0.15) is 5.26 Å². The third-order valence-corrected chi connectivity index (χ3v) is 4.89. The van der Waals surface area contributed by atoms with Crippen molar-refractivity contribution in [1.82, 2.24) is 10.3 Å². The van der Waals surface area contributed by atoms with E-state index >= 15 is 0 Å². The minimum Gasteiger partial charge on any atom is -0.351 e. The minimum atomic E-state index is -0.358. The summed E-state index contributed by atoms with van der Waals surface area (Å²) < 4.78 is 0. The molecule has 1 fully saturated rings. The Morgan fingerprint density at radius 1 is 1.55 bits per heavy atom. The summed E-state index contributed by atoms with van der Waals surface area (Å²) in [5, 5.41) is 13.1. The lowest BCUT2D eigenvalue weighted by Crippen LogP contribution is -2.25. The average Bonchev–Trinajstić information content (AvgIpc) is 3.14. The summed E-state index contributed by atoms with van der Waals surface area (Å²) in [6.07, 6.45) is 5.73. The number of nitrogens with one attached hydrogen (secondary N) is 1. The highest BCUT2D eigenvalue weighted by atomic mass is 35.5. The summed E-state index contributed by atoms with van der Waals surface area (Å²) in [6, 6.07) is 1.94. The van der Waals surface area contributed by atoms with Gasteiger partial charge in [0.2, 0.25) is 0 Å². The van der Waals surface area contributed by atoms with Crippen LogP contribution in [0, 0.1) is 11.3 Å². The fourth-order valence-corrected chi connectivity index (χ4v) is 3.44. The molecule has 0 aromatic carbocycles. The smallest absolute Gasteiger partial charge is 0.261 e. The van der Waals surface area contributed by atoms with Gasteiger partial charge in [0.15, 0.2) is 5.13 Å². The van der Waals surface area contributed by atoms with Crippen LogP contribution in [0.25, 0.3) is 6.08 Å². The van der Waals surface area contributed by atoms with E-state index in [1.165, 1.54) is 17.4 Å². The number of amides is 1. The Hall–Kier alpha value is -1.58. The van der Waals surface area contributed by atoms with E-state index in [4.69, 9.17) is 11.6 Å². The molecule has 1 amide bonds. The molecule has 1 N–H and O–H groups in total. The number of unbranched alkanes of at least 4 members (excludes halogenated alkanes) is 1. The summed E-state index contributed by atoms with van der Waals surface area (Å²) in [7, 11) is 0. The van der Waals surface area contributed by atoms with Crippen molar-refractivity contribution in [2.24, 2.45) is 0 Å². The van der Waals surface area contributed by atoms with E-state index in [1.54, 1.807) is 0 Å². The normalized spacial score (nSPS) is 15.0. The summed E-state index contributed by atoms with van der Waals surface area (Å²) in [5.74, 6) is -0.358. The van der Waals surface area contributed by atoms with Gasteiger partial charge in [0.1, 0.15) is 16.8 Å². The summed E-state index contributed by atoms with van der Waals surface area (Å²) in [4.78, 5) is 19.1. The number of nitriles is 1. The van der Waals surface area contributed by atoms with Gasteiger partial charge in [0, 0.05) is 19.6 Å². The van der Waals surface area contributed by atoms with E-state index in [0.29, 0.717) is 16.6 Å². The Kier molecular flexibility index (Phi) is 6.22. The standard InChI is InChI=1S/C15H19ClN4OS/c1-2-3-6-18-14(21)11(10-17)9-12-13(16)19-15(22-12)20-7-4-5-8-20/h9H,2-8H2,1H3,(H,18,21)/b11-9-. The van der Waals surface area contributed by atoms with Crippen molar-refractivity contribution in [3.8, 4) is 6.07 Å². The molecule has 1 aliphatic rings. The second-order valence-corrected chi connectivity index (χ2v) is 6.49. The van der Waals surface area contributed by atoms with Crippen LogP contribution < -0.4 is 10.2 Å². The van der Waals surface area contributed by atoms with Crippen LogP contribution in [0.5, 0.6) is 0 Å². The maximum absolute atomic E-state index is 12.0. The molecule has 0 saturated carbocycles. The van der Waals surface area contributed by atoms with Crippen LogP contribution in [0.15, 0.2) is 5.57 Å². The number of rotatable bonds is 6.